The van der Waals surface area contributed by atoms with Crippen LogP contribution in [0.5, 0.6) is 5.75 Å². The number of aryl methyl sites for hydroxylation is 2. The number of hydrogen-bond acceptors (Lipinski definition) is 6. The standard InChI is InChI=1S/C23H21N5O2S/c1-15-12-16(2)28-22(24-15)25-23(26-28)31-14-21(29)27-18-10-6-7-11-20(18)30-13-19(27)17-8-4-3-5-9-17/h3-12,19H,13-14H2,1-2H3/t19-/m0/s1. The molecule has 0 bridgehead atoms. The lowest BCUT2D eigenvalue weighted by Gasteiger charge is -2.37. The maximum Gasteiger partial charge on any atom is 0.253 e. The predicted octanol–water partition coefficient (Wildman–Crippen LogP) is 4.00. The molecule has 2 aromatic heterocycles. The molecule has 0 N–H and O–H groups in total. The Morgan fingerprint density at radius 1 is 1.10 bits per heavy atom. The summed E-state index contributed by atoms with van der Waals surface area (Å²) in [6.45, 7) is 4.30. The molecule has 7 nitrogen and oxygen atoms in total. The number of hydrogen-bond donors (Lipinski definition) is 0. The summed E-state index contributed by atoms with van der Waals surface area (Å²) in [6, 6.07) is 19.4. The highest BCUT2D eigenvalue weighted by Gasteiger charge is 2.33. The highest BCUT2D eigenvalue weighted by Crippen LogP contribution is 2.39. The number of thioether (sulfide) groups is 1. The van der Waals surface area contributed by atoms with E-state index in [1.807, 2.05) is 79.4 Å². The van der Waals surface area contributed by atoms with Gasteiger partial charge in [-0.1, -0.05) is 54.2 Å². The van der Waals surface area contributed by atoms with Crippen molar-refractivity contribution in [2.45, 2.75) is 25.0 Å². The van der Waals surface area contributed by atoms with E-state index in [2.05, 4.69) is 15.1 Å². The molecule has 0 saturated carbocycles. The van der Waals surface area contributed by atoms with Crippen molar-refractivity contribution in [3.63, 3.8) is 0 Å². The highest BCUT2D eigenvalue weighted by molar-refractivity contribution is 7.99. The quantitative estimate of drug-likeness (QED) is 0.455. The lowest BCUT2D eigenvalue weighted by atomic mass is 10.0. The Bertz CT molecular complexity index is 1260. The molecule has 1 aliphatic rings. The van der Waals surface area contributed by atoms with Gasteiger partial charge >= 0.3 is 0 Å². The number of aromatic nitrogens is 4. The van der Waals surface area contributed by atoms with Crippen molar-refractivity contribution in [3.05, 3.63) is 77.6 Å². The maximum atomic E-state index is 13.4. The lowest BCUT2D eigenvalue weighted by molar-refractivity contribution is -0.117. The van der Waals surface area contributed by atoms with Gasteiger partial charge in [0.25, 0.3) is 5.78 Å². The third-order valence-electron chi connectivity index (χ3n) is 5.21. The Morgan fingerprint density at radius 3 is 2.71 bits per heavy atom. The van der Waals surface area contributed by atoms with Gasteiger partial charge in [0.2, 0.25) is 11.1 Å². The molecule has 2 aromatic carbocycles. The normalized spacial score (nSPS) is 15.5. The van der Waals surface area contributed by atoms with Gasteiger partial charge in [0.1, 0.15) is 12.4 Å². The van der Waals surface area contributed by atoms with Gasteiger partial charge in [-0.15, -0.1) is 5.10 Å². The second-order valence-electron chi connectivity index (χ2n) is 7.40. The van der Waals surface area contributed by atoms with Crippen LogP contribution in [0.4, 0.5) is 5.69 Å². The molecule has 1 amide bonds. The van der Waals surface area contributed by atoms with Gasteiger partial charge in [0.15, 0.2) is 0 Å². The molecule has 8 heteroatoms. The molecule has 1 aliphatic heterocycles. The van der Waals surface area contributed by atoms with E-state index in [9.17, 15) is 4.79 Å². The van der Waals surface area contributed by atoms with E-state index in [0.29, 0.717) is 23.3 Å². The number of benzene rings is 2. The van der Waals surface area contributed by atoms with E-state index < -0.39 is 0 Å². The summed E-state index contributed by atoms with van der Waals surface area (Å²) in [7, 11) is 0. The summed E-state index contributed by atoms with van der Waals surface area (Å²) in [5.74, 6) is 1.46. The molecule has 1 atom stereocenters. The van der Waals surface area contributed by atoms with Gasteiger partial charge in [0.05, 0.1) is 17.5 Å². The van der Waals surface area contributed by atoms with Crippen LogP contribution in [0.15, 0.2) is 65.8 Å². The number of fused-ring (bicyclic) bond motifs is 2. The molecule has 0 saturated heterocycles. The third kappa shape index (κ3) is 3.74. The molecule has 0 unspecified atom stereocenters. The van der Waals surface area contributed by atoms with Crippen LogP contribution in [0, 0.1) is 13.8 Å². The fourth-order valence-corrected chi connectivity index (χ4v) is 4.50. The van der Waals surface area contributed by atoms with Crippen LogP contribution >= 0.6 is 11.8 Å². The van der Waals surface area contributed by atoms with Crippen molar-refractivity contribution < 1.29 is 9.53 Å². The molecular formula is C23H21N5O2S. The number of amides is 1. The highest BCUT2D eigenvalue weighted by atomic mass is 32.2. The third-order valence-corrected chi connectivity index (χ3v) is 6.03. The number of carbonyl (C=O) groups excluding carboxylic acids is 1. The van der Waals surface area contributed by atoms with Crippen LogP contribution < -0.4 is 9.64 Å². The number of nitrogens with zero attached hydrogens (tertiary/aromatic N) is 5. The van der Waals surface area contributed by atoms with E-state index in [4.69, 9.17) is 4.74 Å². The van der Waals surface area contributed by atoms with Crippen molar-refractivity contribution >= 4 is 29.1 Å². The van der Waals surface area contributed by atoms with Crippen molar-refractivity contribution in [3.8, 4) is 5.75 Å². The first-order valence-electron chi connectivity index (χ1n) is 10.0. The average molecular weight is 432 g/mol. The number of anilines is 1. The Kier molecular flexibility index (Phi) is 5.07. The number of ether oxygens (including phenoxy) is 1. The van der Waals surface area contributed by atoms with Crippen LogP contribution in [0.3, 0.4) is 0 Å². The zero-order valence-electron chi connectivity index (χ0n) is 17.2. The summed E-state index contributed by atoms with van der Waals surface area (Å²) in [6.07, 6.45) is 0. The molecule has 156 valence electrons. The topological polar surface area (TPSA) is 72.6 Å². The Hall–Kier alpha value is -3.39. The van der Waals surface area contributed by atoms with Gasteiger partial charge in [0, 0.05) is 11.4 Å². The Morgan fingerprint density at radius 2 is 1.87 bits per heavy atom. The molecule has 0 radical (unpaired) electrons. The van der Waals surface area contributed by atoms with Gasteiger partial charge in [-0.05, 0) is 37.6 Å². The minimum Gasteiger partial charge on any atom is -0.489 e. The van der Waals surface area contributed by atoms with E-state index in [1.54, 1.807) is 4.52 Å². The van der Waals surface area contributed by atoms with Gasteiger partial charge in [-0.2, -0.15) is 4.98 Å². The van der Waals surface area contributed by atoms with Crippen molar-refractivity contribution in [2.24, 2.45) is 0 Å². The first-order valence-corrected chi connectivity index (χ1v) is 11.0. The second-order valence-corrected chi connectivity index (χ2v) is 8.35. The molecule has 0 fully saturated rings. The first kappa shape index (κ1) is 19.6. The summed E-state index contributed by atoms with van der Waals surface area (Å²) < 4.78 is 7.67. The molecule has 0 aliphatic carbocycles. The minimum absolute atomic E-state index is 0.0191. The second kappa shape index (κ2) is 8.03. The number of para-hydroxylation sites is 2. The lowest BCUT2D eigenvalue weighted by Crippen LogP contribution is -2.42. The van der Waals surface area contributed by atoms with Crippen molar-refractivity contribution in [1.82, 2.24) is 19.6 Å². The maximum absolute atomic E-state index is 13.4. The van der Waals surface area contributed by atoms with Gasteiger partial charge < -0.3 is 4.74 Å². The van der Waals surface area contributed by atoms with E-state index >= 15 is 0 Å². The SMILES string of the molecule is Cc1cc(C)n2nc(SCC(=O)N3c4ccccc4OC[C@H]3c3ccccc3)nc2n1. The zero-order chi connectivity index (χ0) is 21.4. The van der Waals surface area contributed by atoms with E-state index in [-0.39, 0.29) is 17.7 Å². The molecule has 31 heavy (non-hydrogen) atoms. The smallest absolute Gasteiger partial charge is 0.253 e. The summed E-state index contributed by atoms with van der Waals surface area (Å²) in [5.41, 5.74) is 3.67. The van der Waals surface area contributed by atoms with Crippen LogP contribution in [-0.4, -0.2) is 37.8 Å². The fourth-order valence-electron chi connectivity index (χ4n) is 3.82. The Balaban J connectivity index is 1.42. The molecule has 3 heterocycles. The monoisotopic (exact) mass is 431 g/mol. The van der Waals surface area contributed by atoms with Crippen molar-refractivity contribution in [1.29, 1.82) is 0 Å². The number of carbonyl (C=O) groups is 1. The predicted molar refractivity (Wildman–Crippen MR) is 120 cm³/mol. The van der Waals surface area contributed by atoms with Gasteiger partial charge in [-0.25, -0.2) is 9.50 Å². The Labute approximate surface area is 184 Å². The summed E-state index contributed by atoms with van der Waals surface area (Å²) >= 11 is 1.32. The first-order chi connectivity index (χ1) is 15.1. The fraction of sp³-hybridized carbons (Fsp3) is 0.217. The summed E-state index contributed by atoms with van der Waals surface area (Å²) in [4.78, 5) is 24.2. The minimum atomic E-state index is -0.190. The molecule has 4 aromatic rings. The van der Waals surface area contributed by atoms with E-state index in [0.717, 1.165) is 22.6 Å². The molecule has 0 spiro atoms. The van der Waals surface area contributed by atoms with Crippen LogP contribution in [-0.2, 0) is 4.79 Å². The van der Waals surface area contributed by atoms with Crippen LogP contribution in [0.25, 0.3) is 5.78 Å². The van der Waals surface area contributed by atoms with Gasteiger partial charge in [-0.3, -0.25) is 9.69 Å². The average Bonchev–Trinajstić information content (AvgIpc) is 3.20. The zero-order valence-corrected chi connectivity index (χ0v) is 18.0. The van der Waals surface area contributed by atoms with Crippen LogP contribution in [0.1, 0.15) is 23.0 Å². The largest absolute Gasteiger partial charge is 0.489 e. The number of rotatable bonds is 4. The van der Waals surface area contributed by atoms with Crippen LogP contribution in [0.2, 0.25) is 0 Å². The van der Waals surface area contributed by atoms with Crippen molar-refractivity contribution in [2.75, 3.05) is 17.3 Å². The van der Waals surface area contributed by atoms with E-state index in [1.165, 1.54) is 11.8 Å². The summed E-state index contributed by atoms with van der Waals surface area (Å²) in [5, 5.41) is 5.04. The molecular weight excluding hydrogens is 410 g/mol. The molecule has 5 rings (SSSR count).